The minimum Gasteiger partial charge on any atom is -0.388 e. The molecule has 6 nitrogen and oxygen atoms in total. The van der Waals surface area contributed by atoms with Gasteiger partial charge in [-0.15, -0.1) is 0 Å². The number of amides is 1. The minimum absolute atomic E-state index is 0.211. The molecule has 0 aromatic carbocycles. The van der Waals surface area contributed by atoms with E-state index >= 15 is 0 Å². The third-order valence-corrected chi connectivity index (χ3v) is 3.34. The van der Waals surface area contributed by atoms with Gasteiger partial charge in [0.05, 0.1) is 18.0 Å². The van der Waals surface area contributed by atoms with E-state index in [1.807, 2.05) is 0 Å². The van der Waals surface area contributed by atoms with Crippen LogP contribution in [0.1, 0.15) is 23.3 Å². The van der Waals surface area contributed by atoms with Gasteiger partial charge >= 0.3 is 0 Å². The van der Waals surface area contributed by atoms with Crippen LogP contribution in [0, 0.1) is 0 Å². The van der Waals surface area contributed by atoms with Crippen LogP contribution in [0.25, 0.3) is 0 Å². The predicted octanol–water partition coefficient (Wildman–Crippen LogP) is 0.743. The van der Waals surface area contributed by atoms with E-state index in [4.69, 9.17) is 16.3 Å². The fraction of sp³-hybridized carbons (Fsp3) is 0.583. The molecule has 1 aromatic rings. The lowest BCUT2D eigenvalue weighted by molar-refractivity contribution is -0.0734. The van der Waals surface area contributed by atoms with Gasteiger partial charge in [0.1, 0.15) is 10.8 Å². The summed E-state index contributed by atoms with van der Waals surface area (Å²) in [6.45, 7) is 1.28. The first-order valence-electron chi connectivity index (χ1n) is 6.03. The highest BCUT2D eigenvalue weighted by atomic mass is 35.5. The van der Waals surface area contributed by atoms with Gasteiger partial charge in [0.25, 0.3) is 5.91 Å². The number of aliphatic hydroxyl groups is 1. The van der Waals surface area contributed by atoms with E-state index in [1.165, 1.54) is 17.3 Å². The molecule has 19 heavy (non-hydrogen) atoms. The molecule has 0 saturated carbocycles. The van der Waals surface area contributed by atoms with Crippen LogP contribution in [0.2, 0.25) is 5.15 Å². The van der Waals surface area contributed by atoms with Crippen LogP contribution in [-0.4, -0.2) is 58.3 Å². The Morgan fingerprint density at radius 1 is 1.47 bits per heavy atom. The zero-order valence-electron chi connectivity index (χ0n) is 10.7. The highest BCUT2D eigenvalue weighted by Crippen LogP contribution is 2.21. The van der Waals surface area contributed by atoms with Gasteiger partial charge in [0.15, 0.2) is 0 Å². The van der Waals surface area contributed by atoms with Gasteiger partial charge in [-0.05, 0) is 0 Å². The molecule has 0 bridgehead atoms. The second-order valence-corrected chi connectivity index (χ2v) is 5.11. The lowest BCUT2D eigenvalue weighted by Gasteiger charge is -2.35. The maximum Gasteiger partial charge on any atom is 0.273 e. The fourth-order valence-electron chi connectivity index (χ4n) is 2.04. The average molecular weight is 286 g/mol. The molecule has 0 unspecified atom stereocenters. The molecule has 0 atom stereocenters. The Bertz CT molecular complexity index is 446. The van der Waals surface area contributed by atoms with Gasteiger partial charge in [-0.1, -0.05) is 11.6 Å². The first-order chi connectivity index (χ1) is 9.00. The molecule has 1 fully saturated rings. The predicted molar refractivity (Wildman–Crippen MR) is 69.0 cm³/mol. The second-order valence-electron chi connectivity index (χ2n) is 4.72. The van der Waals surface area contributed by atoms with Crippen molar-refractivity contribution < 1.29 is 14.6 Å². The summed E-state index contributed by atoms with van der Waals surface area (Å²) in [7, 11) is 1.63. The van der Waals surface area contributed by atoms with Crippen molar-refractivity contribution in [3.8, 4) is 0 Å². The van der Waals surface area contributed by atoms with Crippen molar-refractivity contribution in [1.29, 1.82) is 0 Å². The largest absolute Gasteiger partial charge is 0.388 e. The Morgan fingerprint density at radius 2 is 2.16 bits per heavy atom. The third kappa shape index (κ3) is 3.62. The van der Waals surface area contributed by atoms with Crippen molar-refractivity contribution in [2.75, 3.05) is 26.8 Å². The molecule has 0 spiro atoms. The first kappa shape index (κ1) is 14.2. The van der Waals surface area contributed by atoms with Gasteiger partial charge in [-0.25, -0.2) is 9.97 Å². The van der Waals surface area contributed by atoms with Crippen LogP contribution in [0.15, 0.2) is 12.4 Å². The summed E-state index contributed by atoms with van der Waals surface area (Å²) in [6, 6.07) is 0. The van der Waals surface area contributed by atoms with Crippen LogP contribution in [-0.2, 0) is 4.74 Å². The van der Waals surface area contributed by atoms with E-state index in [0.717, 1.165) is 0 Å². The third-order valence-electron chi connectivity index (χ3n) is 3.14. The van der Waals surface area contributed by atoms with Gasteiger partial charge < -0.3 is 14.7 Å². The molecular formula is C12H16ClN3O3. The Labute approximate surface area is 116 Å². The summed E-state index contributed by atoms with van der Waals surface area (Å²) in [5.74, 6) is -0.288. The molecule has 1 aliphatic rings. The topological polar surface area (TPSA) is 75.6 Å². The van der Waals surface area contributed by atoms with Crippen molar-refractivity contribution in [3.63, 3.8) is 0 Å². The van der Waals surface area contributed by atoms with Gasteiger partial charge in [0, 0.05) is 39.6 Å². The highest BCUT2D eigenvalue weighted by molar-refractivity contribution is 6.29. The fourth-order valence-corrected chi connectivity index (χ4v) is 2.14. The Morgan fingerprint density at radius 3 is 2.74 bits per heavy atom. The summed E-state index contributed by atoms with van der Waals surface area (Å²) < 4.78 is 5.20. The number of likely N-dealkylation sites (N-methyl/N-ethyl adjacent to an activating group) is 1. The van der Waals surface area contributed by atoms with Crippen LogP contribution in [0.4, 0.5) is 0 Å². The molecule has 7 heteroatoms. The molecule has 2 rings (SSSR count). The standard InChI is InChI=1S/C12H16ClN3O3/c1-16(8-12(18)2-4-19-5-3-12)11(17)9-6-15-10(13)7-14-9/h6-7,18H,2-5,8H2,1H3. The lowest BCUT2D eigenvalue weighted by atomic mass is 9.94. The van der Waals surface area contributed by atoms with Gasteiger partial charge in [-0.3, -0.25) is 4.79 Å². The van der Waals surface area contributed by atoms with E-state index in [2.05, 4.69) is 9.97 Å². The number of halogens is 1. The monoisotopic (exact) mass is 285 g/mol. The SMILES string of the molecule is CN(CC1(O)CCOCC1)C(=O)c1cnc(Cl)cn1. The molecule has 1 aliphatic heterocycles. The number of rotatable bonds is 3. The maximum absolute atomic E-state index is 12.1. The Hall–Kier alpha value is -1.24. The number of aromatic nitrogens is 2. The molecule has 1 amide bonds. The van der Waals surface area contributed by atoms with E-state index in [-0.39, 0.29) is 23.3 Å². The molecule has 1 saturated heterocycles. The number of hydrogen-bond acceptors (Lipinski definition) is 5. The zero-order chi connectivity index (χ0) is 13.9. The molecule has 0 radical (unpaired) electrons. The van der Waals surface area contributed by atoms with Crippen LogP contribution < -0.4 is 0 Å². The average Bonchev–Trinajstić information content (AvgIpc) is 2.39. The smallest absolute Gasteiger partial charge is 0.273 e. The highest BCUT2D eigenvalue weighted by Gasteiger charge is 2.32. The summed E-state index contributed by atoms with van der Waals surface area (Å²) in [6.07, 6.45) is 3.70. The Kier molecular flexibility index (Phi) is 4.34. The molecule has 104 valence electrons. The van der Waals surface area contributed by atoms with Crippen LogP contribution in [0.5, 0.6) is 0 Å². The van der Waals surface area contributed by atoms with Crippen molar-refractivity contribution in [2.24, 2.45) is 0 Å². The summed E-state index contributed by atoms with van der Waals surface area (Å²) >= 11 is 5.62. The maximum atomic E-state index is 12.1. The summed E-state index contributed by atoms with van der Waals surface area (Å²) in [4.78, 5) is 21.3. The Balaban J connectivity index is 2.00. The summed E-state index contributed by atoms with van der Waals surface area (Å²) in [5, 5.41) is 10.6. The number of carbonyl (C=O) groups is 1. The van der Waals surface area contributed by atoms with Crippen molar-refractivity contribution in [3.05, 3.63) is 23.2 Å². The molecule has 1 N–H and O–H groups in total. The molecule has 1 aromatic heterocycles. The number of hydrogen-bond donors (Lipinski definition) is 1. The van der Waals surface area contributed by atoms with Crippen molar-refractivity contribution in [1.82, 2.24) is 14.9 Å². The summed E-state index contributed by atoms with van der Waals surface area (Å²) in [5.41, 5.74) is -0.676. The van der Waals surface area contributed by atoms with Crippen molar-refractivity contribution >= 4 is 17.5 Å². The molecule has 0 aliphatic carbocycles. The molecular weight excluding hydrogens is 270 g/mol. The molecule has 2 heterocycles. The van der Waals surface area contributed by atoms with E-state index in [9.17, 15) is 9.90 Å². The first-order valence-corrected chi connectivity index (χ1v) is 6.41. The number of ether oxygens (including phenoxy) is 1. The van der Waals surface area contributed by atoms with Gasteiger partial charge in [0.2, 0.25) is 0 Å². The zero-order valence-corrected chi connectivity index (χ0v) is 11.4. The van der Waals surface area contributed by atoms with Crippen molar-refractivity contribution in [2.45, 2.75) is 18.4 Å². The number of carbonyl (C=O) groups excluding carboxylic acids is 1. The number of nitrogens with zero attached hydrogens (tertiary/aromatic N) is 3. The van der Waals surface area contributed by atoms with Crippen LogP contribution in [0.3, 0.4) is 0 Å². The second kappa shape index (κ2) is 5.81. The van der Waals surface area contributed by atoms with Crippen LogP contribution >= 0.6 is 11.6 Å². The van der Waals surface area contributed by atoms with Gasteiger partial charge in [-0.2, -0.15) is 0 Å². The van der Waals surface area contributed by atoms with E-state index < -0.39 is 5.60 Å². The minimum atomic E-state index is -0.886. The quantitative estimate of drug-likeness (QED) is 0.887. The van der Waals surface area contributed by atoms with E-state index in [1.54, 1.807) is 7.05 Å². The lowest BCUT2D eigenvalue weighted by Crippen LogP contribution is -2.47. The normalized spacial score (nSPS) is 18.1. The van der Waals surface area contributed by atoms with E-state index in [0.29, 0.717) is 26.1 Å².